The van der Waals surface area contributed by atoms with Crippen molar-refractivity contribution in [2.24, 2.45) is 0 Å². The van der Waals surface area contributed by atoms with Crippen molar-refractivity contribution in [3.63, 3.8) is 0 Å². The highest BCUT2D eigenvalue weighted by molar-refractivity contribution is 8.76. The van der Waals surface area contributed by atoms with Crippen molar-refractivity contribution in [1.29, 1.82) is 0 Å². The summed E-state index contributed by atoms with van der Waals surface area (Å²) in [4.78, 5) is 5.56. The largest absolute Gasteiger partial charge is 0.249 e. The highest BCUT2D eigenvalue weighted by Crippen LogP contribution is 2.37. The summed E-state index contributed by atoms with van der Waals surface area (Å²) in [5.74, 6) is 0. The van der Waals surface area contributed by atoms with Crippen molar-refractivity contribution < 1.29 is 0 Å². The van der Waals surface area contributed by atoms with E-state index in [1.165, 1.54) is 10.5 Å². The molecule has 0 aliphatic carbocycles. The third kappa shape index (κ3) is 3.01. The van der Waals surface area contributed by atoms with Crippen LogP contribution in [0.4, 0.5) is 0 Å². The summed E-state index contributed by atoms with van der Waals surface area (Å²) < 4.78 is 0. The molecule has 0 fully saturated rings. The number of hydrogen-bond acceptors (Lipinski definition) is 3. The number of pyridine rings is 1. The lowest BCUT2D eigenvalue weighted by Crippen LogP contribution is -1.77. The van der Waals surface area contributed by atoms with E-state index >= 15 is 0 Å². The van der Waals surface area contributed by atoms with E-state index in [-0.39, 0.29) is 0 Å². The lowest BCUT2D eigenvalue weighted by atomic mass is 10.2. The van der Waals surface area contributed by atoms with Crippen molar-refractivity contribution in [2.45, 2.75) is 16.8 Å². The average molecular weight is 233 g/mol. The Morgan fingerprint density at radius 1 is 0.933 bits per heavy atom. The number of aromatic nitrogens is 1. The van der Waals surface area contributed by atoms with Gasteiger partial charge in [0.1, 0.15) is 5.03 Å². The topological polar surface area (TPSA) is 12.9 Å². The van der Waals surface area contributed by atoms with E-state index in [9.17, 15) is 0 Å². The van der Waals surface area contributed by atoms with Crippen molar-refractivity contribution in [3.8, 4) is 0 Å². The van der Waals surface area contributed by atoms with Gasteiger partial charge in [0.25, 0.3) is 0 Å². The van der Waals surface area contributed by atoms with E-state index < -0.39 is 0 Å². The van der Waals surface area contributed by atoms with Gasteiger partial charge in [-0.25, -0.2) is 4.98 Å². The minimum atomic E-state index is 1.05. The maximum Gasteiger partial charge on any atom is 0.107 e. The van der Waals surface area contributed by atoms with Gasteiger partial charge in [-0.1, -0.05) is 35.1 Å². The van der Waals surface area contributed by atoms with Gasteiger partial charge in [-0.2, -0.15) is 0 Å². The molecule has 0 aliphatic rings. The first kappa shape index (κ1) is 10.6. The molecule has 2 rings (SSSR count). The Bertz CT molecular complexity index is 429. The van der Waals surface area contributed by atoms with Gasteiger partial charge in [-0.15, -0.1) is 0 Å². The smallest absolute Gasteiger partial charge is 0.107 e. The molecule has 0 amide bonds. The molecule has 1 nitrogen and oxygen atoms in total. The quantitative estimate of drug-likeness (QED) is 0.738. The zero-order valence-electron chi connectivity index (χ0n) is 8.38. The summed E-state index contributed by atoms with van der Waals surface area (Å²) in [5, 5.41) is 1.05. The average Bonchev–Trinajstić information content (AvgIpc) is 2.29. The second-order valence-electron chi connectivity index (χ2n) is 3.10. The fourth-order valence-corrected chi connectivity index (χ4v) is 3.26. The molecule has 0 aliphatic heterocycles. The van der Waals surface area contributed by atoms with Gasteiger partial charge in [0.2, 0.25) is 0 Å². The second-order valence-corrected chi connectivity index (χ2v) is 5.29. The number of nitrogens with zero attached hydrogens (tertiary/aromatic N) is 1. The summed E-state index contributed by atoms with van der Waals surface area (Å²) in [6, 6.07) is 14.3. The fourth-order valence-electron chi connectivity index (χ4n) is 1.13. The highest BCUT2D eigenvalue weighted by Gasteiger charge is 1.99. The van der Waals surface area contributed by atoms with Crippen molar-refractivity contribution >= 4 is 21.6 Å². The predicted molar refractivity (Wildman–Crippen MR) is 67.1 cm³/mol. The number of benzene rings is 1. The summed E-state index contributed by atoms with van der Waals surface area (Å²) in [6.07, 6.45) is 1.82. The van der Waals surface area contributed by atoms with Crippen LogP contribution in [0.3, 0.4) is 0 Å². The molecule has 0 N–H and O–H groups in total. The maximum absolute atomic E-state index is 4.27. The first-order valence-electron chi connectivity index (χ1n) is 4.67. The molecule has 3 heteroatoms. The van der Waals surface area contributed by atoms with Crippen LogP contribution in [-0.2, 0) is 0 Å². The Kier molecular flexibility index (Phi) is 3.69. The molecule has 0 saturated carbocycles. The number of aryl methyl sites for hydroxylation is 1. The van der Waals surface area contributed by atoms with Crippen LogP contribution in [0.25, 0.3) is 0 Å². The van der Waals surface area contributed by atoms with E-state index in [0.717, 1.165) is 5.03 Å². The van der Waals surface area contributed by atoms with E-state index in [1.54, 1.807) is 21.6 Å². The van der Waals surface area contributed by atoms with E-state index in [2.05, 4.69) is 36.2 Å². The zero-order chi connectivity index (χ0) is 10.5. The van der Waals surface area contributed by atoms with Gasteiger partial charge < -0.3 is 0 Å². The molecule has 1 aromatic heterocycles. The minimum Gasteiger partial charge on any atom is -0.249 e. The molecule has 0 spiro atoms. The first-order valence-corrected chi connectivity index (χ1v) is 6.82. The van der Waals surface area contributed by atoms with Crippen LogP contribution < -0.4 is 0 Å². The van der Waals surface area contributed by atoms with Crippen molar-refractivity contribution in [3.05, 3.63) is 54.2 Å². The maximum atomic E-state index is 4.27. The van der Waals surface area contributed by atoms with Gasteiger partial charge in [-0.05, 0) is 41.5 Å². The predicted octanol–water partition coefficient (Wildman–Crippen LogP) is 4.19. The third-order valence-electron chi connectivity index (χ3n) is 1.95. The van der Waals surface area contributed by atoms with Gasteiger partial charge in [0, 0.05) is 11.1 Å². The first-order chi connectivity index (χ1) is 7.36. The van der Waals surface area contributed by atoms with Gasteiger partial charge in [-0.3, -0.25) is 0 Å². The lowest BCUT2D eigenvalue weighted by Gasteiger charge is -2.03. The SMILES string of the molecule is Cc1ccccc1SSc1ccccn1. The summed E-state index contributed by atoms with van der Waals surface area (Å²) in [7, 11) is 3.45. The standard InChI is InChI=1S/C12H11NS2/c1-10-6-2-3-7-11(10)14-15-12-8-4-5-9-13-12/h2-9H,1H3. The van der Waals surface area contributed by atoms with Crippen LogP contribution in [0.15, 0.2) is 58.6 Å². The summed E-state index contributed by atoms with van der Waals surface area (Å²) in [5.41, 5.74) is 1.31. The normalized spacial score (nSPS) is 10.2. The molecule has 0 atom stereocenters. The Hall–Kier alpha value is -0.930. The van der Waals surface area contributed by atoms with Crippen molar-refractivity contribution in [2.75, 3.05) is 0 Å². The highest BCUT2D eigenvalue weighted by atomic mass is 33.1. The minimum absolute atomic E-state index is 1.05. The Labute approximate surface area is 97.7 Å². The summed E-state index contributed by atoms with van der Waals surface area (Å²) >= 11 is 0. The van der Waals surface area contributed by atoms with Gasteiger partial charge in [0.05, 0.1) is 0 Å². The van der Waals surface area contributed by atoms with Crippen LogP contribution in [0.1, 0.15) is 5.56 Å². The molecule has 0 radical (unpaired) electrons. The molecule has 0 saturated heterocycles. The third-order valence-corrected chi connectivity index (χ3v) is 4.38. The van der Waals surface area contributed by atoms with Crippen LogP contribution in [-0.4, -0.2) is 4.98 Å². The molecular formula is C12H11NS2. The molecule has 2 aromatic rings. The van der Waals surface area contributed by atoms with Crippen molar-refractivity contribution in [1.82, 2.24) is 4.98 Å². The second kappa shape index (κ2) is 5.24. The summed E-state index contributed by atoms with van der Waals surface area (Å²) in [6.45, 7) is 2.13. The molecular weight excluding hydrogens is 222 g/mol. The zero-order valence-corrected chi connectivity index (χ0v) is 10.0. The lowest BCUT2D eigenvalue weighted by molar-refractivity contribution is 1.14. The Balaban J connectivity index is 2.03. The van der Waals surface area contributed by atoms with Crippen LogP contribution in [0.2, 0.25) is 0 Å². The molecule has 1 aromatic carbocycles. The molecule has 15 heavy (non-hydrogen) atoms. The monoisotopic (exact) mass is 233 g/mol. The fraction of sp³-hybridized carbons (Fsp3) is 0.0833. The van der Waals surface area contributed by atoms with E-state index in [4.69, 9.17) is 0 Å². The molecule has 76 valence electrons. The van der Waals surface area contributed by atoms with Crippen LogP contribution in [0.5, 0.6) is 0 Å². The Morgan fingerprint density at radius 2 is 1.73 bits per heavy atom. The van der Waals surface area contributed by atoms with Gasteiger partial charge in [0.15, 0.2) is 0 Å². The molecule has 0 bridgehead atoms. The molecule has 1 heterocycles. The van der Waals surface area contributed by atoms with Gasteiger partial charge >= 0.3 is 0 Å². The number of hydrogen-bond donors (Lipinski definition) is 0. The Morgan fingerprint density at radius 3 is 2.47 bits per heavy atom. The van der Waals surface area contributed by atoms with Crippen LogP contribution in [0, 0.1) is 6.92 Å². The van der Waals surface area contributed by atoms with E-state index in [1.807, 2.05) is 24.4 Å². The molecule has 0 unspecified atom stereocenters. The van der Waals surface area contributed by atoms with Crippen LogP contribution >= 0.6 is 21.6 Å². The number of rotatable bonds is 3. The van der Waals surface area contributed by atoms with E-state index in [0.29, 0.717) is 0 Å².